The number of hydrogen-bond acceptors (Lipinski definition) is 6. The molecule has 1 fully saturated rings. The van der Waals surface area contributed by atoms with Crippen molar-refractivity contribution in [3.8, 4) is 17.2 Å². The van der Waals surface area contributed by atoms with Gasteiger partial charge in [0.25, 0.3) is 5.91 Å². The molecule has 0 radical (unpaired) electrons. The molecule has 186 valence electrons. The zero-order chi connectivity index (χ0) is 25.8. The van der Waals surface area contributed by atoms with Crippen LogP contribution in [0.5, 0.6) is 17.2 Å². The summed E-state index contributed by atoms with van der Waals surface area (Å²) in [5, 5.41) is 5.72. The minimum absolute atomic E-state index is 0.192. The lowest BCUT2D eigenvalue weighted by molar-refractivity contribution is -0.115. The predicted octanol–water partition coefficient (Wildman–Crippen LogP) is 6.93. The number of benzene rings is 4. The molecule has 0 aromatic heterocycles. The molecule has 0 saturated carbocycles. The molecule has 0 spiro atoms. The Kier molecular flexibility index (Phi) is 7.66. The first-order valence-corrected chi connectivity index (χ1v) is 13.3. The highest BCUT2D eigenvalue weighted by atomic mass is 127. The van der Waals surface area contributed by atoms with Crippen molar-refractivity contribution in [1.82, 2.24) is 5.32 Å². The lowest BCUT2D eigenvalue weighted by Crippen LogP contribution is -2.19. The van der Waals surface area contributed by atoms with E-state index in [1.807, 2.05) is 54.6 Å². The number of aliphatic imine (C=N–C) groups is 1. The van der Waals surface area contributed by atoms with Gasteiger partial charge in [-0.25, -0.2) is 4.99 Å². The molecule has 37 heavy (non-hydrogen) atoms. The smallest absolute Gasteiger partial charge is 0.264 e. The Hall–Kier alpha value is -3.50. The fraction of sp³-hybridized carbons (Fsp3) is 0.103. The highest BCUT2D eigenvalue weighted by Gasteiger charge is 2.24. The van der Waals surface area contributed by atoms with E-state index in [1.165, 1.54) is 22.5 Å². The van der Waals surface area contributed by atoms with E-state index in [4.69, 9.17) is 14.2 Å². The Morgan fingerprint density at radius 1 is 0.946 bits per heavy atom. The van der Waals surface area contributed by atoms with Gasteiger partial charge in [0, 0.05) is 0 Å². The number of rotatable bonds is 7. The summed E-state index contributed by atoms with van der Waals surface area (Å²) >= 11 is 3.53. The molecule has 0 aliphatic carbocycles. The molecule has 4 aromatic rings. The highest BCUT2D eigenvalue weighted by molar-refractivity contribution is 14.1. The van der Waals surface area contributed by atoms with Gasteiger partial charge in [0.05, 0.1) is 28.4 Å². The molecule has 0 unspecified atom stereocenters. The Bertz CT molecular complexity index is 1530. The zero-order valence-corrected chi connectivity index (χ0v) is 23.1. The molecular weight excluding hydrogens is 599 g/mol. The van der Waals surface area contributed by atoms with Crippen LogP contribution >= 0.6 is 34.4 Å². The molecule has 1 aliphatic rings. The quantitative estimate of drug-likeness (QED) is 0.179. The lowest BCUT2D eigenvalue weighted by Gasteiger charge is -2.14. The maximum absolute atomic E-state index is 12.6. The fourth-order valence-electron chi connectivity index (χ4n) is 3.85. The van der Waals surface area contributed by atoms with Gasteiger partial charge in [-0.05, 0) is 105 Å². The van der Waals surface area contributed by atoms with Crippen molar-refractivity contribution < 1.29 is 19.0 Å². The van der Waals surface area contributed by atoms with Crippen LogP contribution in [0.3, 0.4) is 0 Å². The average Bonchev–Trinajstić information content (AvgIpc) is 3.26. The number of halogens is 1. The predicted molar refractivity (Wildman–Crippen MR) is 158 cm³/mol. The van der Waals surface area contributed by atoms with Crippen molar-refractivity contribution in [3.05, 3.63) is 98.5 Å². The summed E-state index contributed by atoms with van der Waals surface area (Å²) in [7, 11) is 3.23. The third-order valence-electron chi connectivity index (χ3n) is 5.70. The first-order valence-electron chi connectivity index (χ1n) is 11.4. The zero-order valence-electron chi connectivity index (χ0n) is 20.2. The monoisotopic (exact) mass is 622 g/mol. The second-order valence-electron chi connectivity index (χ2n) is 8.18. The maximum atomic E-state index is 12.6. The molecule has 6 nitrogen and oxygen atoms in total. The number of amides is 1. The van der Waals surface area contributed by atoms with E-state index in [-0.39, 0.29) is 5.91 Å². The second-order valence-corrected chi connectivity index (χ2v) is 10.4. The molecule has 5 rings (SSSR count). The van der Waals surface area contributed by atoms with E-state index in [2.05, 4.69) is 63.2 Å². The summed E-state index contributed by atoms with van der Waals surface area (Å²) < 4.78 is 17.9. The van der Waals surface area contributed by atoms with Crippen LogP contribution in [0.1, 0.15) is 11.1 Å². The maximum Gasteiger partial charge on any atom is 0.264 e. The van der Waals surface area contributed by atoms with Gasteiger partial charge >= 0.3 is 0 Å². The number of amidine groups is 1. The van der Waals surface area contributed by atoms with Crippen molar-refractivity contribution in [1.29, 1.82) is 0 Å². The van der Waals surface area contributed by atoms with Gasteiger partial charge in [0.1, 0.15) is 12.4 Å². The second kappa shape index (κ2) is 11.3. The summed E-state index contributed by atoms with van der Waals surface area (Å²) in [5.74, 6) is 1.84. The van der Waals surface area contributed by atoms with Crippen molar-refractivity contribution >= 4 is 68.0 Å². The fourth-order valence-corrected chi connectivity index (χ4v) is 5.48. The van der Waals surface area contributed by atoms with Gasteiger partial charge in [-0.1, -0.05) is 36.4 Å². The molecule has 4 aromatic carbocycles. The number of carbonyl (C=O) groups is 1. The van der Waals surface area contributed by atoms with Gasteiger partial charge in [0.2, 0.25) is 0 Å². The molecule has 8 heteroatoms. The number of carbonyl (C=O) groups excluding carboxylic acids is 1. The van der Waals surface area contributed by atoms with Crippen molar-refractivity contribution in [2.24, 2.45) is 4.99 Å². The molecule has 1 aliphatic heterocycles. The number of hydrogen-bond donors (Lipinski definition) is 1. The number of nitrogens with zero attached hydrogens (tertiary/aromatic N) is 1. The topological polar surface area (TPSA) is 69.2 Å². The van der Waals surface area contributed by atoms with E-state index in [1.54, 1.807) is 14.2 Å². The highest BCUT2D eigenvalue weighted by Crippen LogP contribution is 2.37. The van der Waals surface area contributed by atoms with Crippen LogP contribution in [0.25, 0.3) is 16.8 Å². The Morgan fingerprint density at radius 2 is 1.73 bits per heavy atom. The number of thioether (sulfide) groups is 1. The Morgan fingerprint density at radius 3 is 2.49 bits per heavy atom. The van der Waals surface area contributed by atoms with Crippen molar-refractivity contribution in [3.63, 3.8) is 0 Å². The van der Waals surface area contributed by atoms with Gasteiger partial charge in [-0.2, -0.15) is 0 Å². The molecular formula is C29H23IN2O4S. The van der Waals surface area contributed by atoms with Crippen LogP contribution < -0.4 is 19.5 Å². The first-order chi connectivity index (χ1) is 18.0. The normalized spacial score (nSPS) is 15.3. The third-order valence-corrected chi connectivity index (χ3v) is 7.41. The van der Waals surface area contributed by atoms with Gasteiger partial charge < -0.3 is 19.5 Å². The van der Waals surface area contributed by atoms with Crippen molar-refractivity contribution in [2.45, 2.75) is 6.61 Å². The Balaban J connectivity index is 1.33. The van der Waals surface area contributed by atoms with Crippen molar-refractivity contribution in [2.75, 3.05) is 14.2 Å². The number of fused-ring (bicyclic) bond motifs is 1. The minimum atomic E-state index is -0.192. The Labute approximate surface area is 232 Å². The first kappa shape index (κ1) is 25.2. The molecule has 1 N–H and O–H groups in total. The summed E-state index contributed by atoms with van der Waals surface area (Å²) in [6.07, 6.45) is 1.83. The molecule has 1 saturated heterocycles. The van der Waals surface area contributed by atoms with Gasteiger partial charge in [0.15, 0.2) is 16.7 Å². The number of ether oxygens (including phenoxy) is 3. The van der Waals surface area contributed by atoms with E-state index in [0.29, 0.717) is 28.2 Å². The summed E-state index contributed by atoms with van der Waals surface area (Å²) in [5.41, 5.74) is 2.64. The van der Waals surface area contributed by atoms with Crippen LogP contribution in [-0.2, 0) is 11.4 Å². The standard InChI is InChI=1S/C29H23IN2O4S/c1-34-23-11-9-22(10-12-23)31-29-32-28(33)26(37-29)16-19-14-24(30)27(25(15-19)35-2)36-17-18-7-8-20-5-3-4-6-21(20)13-18/h3-16H,17H2,1-2H3,(H,31,32,33)/b26-16+. The van der Waals surface area contributed by atoms with E-state index in [0.717, 1.165) is 26.1 Å². The number of nitrogens with one attached hydrogen (secondary N) is 1. The van der Waals surface area contributed by atoms with Crippen LogP contribution in [0, 0.1) is 3.57 Å². The van der Waals surface area contributed by atoms with Crippen LogP contribution in [0.4, 0.5) is 5.69 Å². The van der Waals surface area contributed by atoms with E-state index in [9.17, 15) is 4.79 Å². The molecule has 0 atom stereocenters. The summed E-state index contributed by atoms with van der Waals surface area (Å²) in [6.45, 7) is 0.418. The summed E-state index contributed by atoms with van der Waals surface area (Å²) in [6, 6.07) is 25.7. The van der Waals surface area contributed by atoms with E-state index >= 15 is 0 Å². The van der Waals surface area contributed by atoms with Crippen LogP contribution in [0.15, 0.2) is 88.8 Å². The molecule has 1 amide bonds. The largest absolute Gasteiger partial charge is 0.497 e. The molecule has 0 bridgehead atoms. The molecule has 1 heterocycles. The minimum Gasteiger partial charge on any atom is -0.497 e. The van der Waals surface area contributed by atoms with Gasteiger partial charge in [-0.3, -0.25) is 4.79 Å². The van der Waals surface area contributed by atoms with E-state index < -0.39 is 0 Å². The van der Waals surface area contributed by atoms with Crippen LogP contribution in [0.2, 0.25) is 0 Å². The SMILES string of the molecule is COc1ccc(N=C2NC(=O)/C(=C\c3cc(I)c(OCc4ccc5ccccc5c4)c(OC)c3)S2)cc1. The summed E-state index contributed by atoms with van der Waals surface area (Å²) in [4.78, 5) is 17.6. The third kappa shape index (κ3) is 5.91. The van der Waals surface area contributed by atoms with Gasteiger partial charge in [-0.15, -0.1) is 0 Å². The average molecular weight is 622 g/mol. The van der Waals surface area contributed by atoms with Crippen LogP contribution in [-0.4, -0.2) is 25.3 Å². The lowest BCUT2D eigenvalue weighted by atomic mass is 10.1. The number of methoxy groups -OCH3 is 2.